The van der Waals surface area contributed by atoms with Crippen LogP contribution in [0.3, 0.4) is 0 Å². The topological polar surface area (TPSA) is 144 Å². The van der Waals surface area contributed by atoms with Crippen LogP contribution >= 0.6 is 23.4 Å². The average molecular weight is 549 g/mol. The van der Waals surface area contributed by atoms with Gasteiger partial charge in [0, 0.05) is 29.6 Å². The van der Waals surface area contributed by atoms with Crippen molar-refractivity contribution in [2.75, 3.05) is 13.1 Å². The second kappa shape index (κ2) is 11.6. The molecular formula is C25H29ClN4O4S2. The molecule has 1 aromatic rings. The number of primary amides is 1. The molecule has 0 spiro atoms. The van der Waals surface area contributed by atoms with Crippen molar-refractivity contribution in [3.63, 3.8) is 0 Å². The van der Waals surface area contributed by atoms with Gasteiger partial charge in [-0.25, -0.2) is 8.42 Å². The summed E-state index contributed by atoms with van der Waals surface area (Å²) in [6.45, 7) is 6.10. The highest BCUT2D eigenvalue weighted by Crippen LogP contribution is 2.52. The Morgan fingerprint density at radius 3 is 2.72 bits per heavy atom. The van der Waals surface area contributed by atoms with Crippen LogP contribution in [-0.2, 0) is 14.8 Å². The van der Waals surface area contributed by atoms with Gasteiger partial charge in [0.2, 0.25) is 15.9 Å². The standard InChI is InChI=1S/C25H29ClN4O4S2/c1-3-17(11-10-16(2)26)21-8-5-9-22(35-21)36(33,34)30-25(24(28)32)15-20(25)18-6-4-7-19(14-18)23(31)29-13-12-27/h3-11,14,20-21,30H,2,12-13,15,27H2,1H3,(H2,28,32)(H,29,31)/b11-10-,17-3?. The smallest absolute Gasteiger partial charge is 0.251 e. The summed E-state index contributed by atoms with van der Waals surface area (Å²) in [5.74, 6) is -1.59. The first-order valence-electron chi connectivity index (χ1n) is 11.2. The molecular weight excluding hydrogens is 520 g/mol. The number of nitrogens with two attached hydrogens (primary N) is 2. The molecule has 8 nitrogen and oxygen atoms in total. The van der Waals surface area contributed by atoms with Crippen LogP contribution in [0, 0.1) is 0 Å². The molecule has 1 aliphatic carbocycles. The van der Waals surface area contributed by atoms with Crippen LogP contribution in [0.4, 0.5) is 0 Å². The molecule has 3 unspecified atom stereocenters. The van der Waals surface area contributed by atoms with E-state index in [0.717, 1.165) is 17.3 Å². The van der Waals surface area contributed by atoms with Gasteiger partial charge in [0.05, 0.1) is 5.25 Å². The molecule has 1 aromatic carbocycles. The SMILES string of the molecule is C=C(Cl)/C=C\C(=CC)C1C=CC=C(S(=O)(=O)NC2(C(N)=O)CC2c2cccc(C(=O)NCCN)c2)S1. The number of benzene rings is 1. The van der Waals surface area contributed by atoms with E-state index in [0.29, 0.717) is 29.2 Å². The maximum atomic E-state index is 13.3. The molecule has 1 fully saturated rings. The van der Waals surface area contributed by atoms with Gasteiger partial charge in [0.25, 0.3) is 5.91 Å². The van der Waals surface area contributed by atoms with Crippen molar-refractivity contribution in [3.8, 4) is 0 Å². The van der Waals surface area contributed by atoms with Crippen LogP contribution in [0.5, 0.6) is 0 Å². The average Bonchev–Trinajstić information content (AvgIpc) is 3.58. The van der Waals surface area contributed by atoms with Crippen molar-refractivity contribution in [1.82, 2.24) is 10.0 Å². The number of carbonyl (C=O) groups excluding carboxylic acids is 2. The van der Waals surface area contributed by atoms with Crippen molar-refractivity contribution < 1.29 is 18.0 Å². The van der Waals surface area contributed by atoms with Gasteiger partial charge in [-0.3, -0.25) is 9.59 Å². The summed E-state index contributed by atoms with van der Waals surface area (Å²) in [7, 11) is -4.07. The minimum atomic E-state index is -4.07. The fourth-order valence-corrected chi connectivity index (χ4v) is 6.99. The van der Waals surface area contributed by atoms with Gasteiger partial charge in [-0.05, 0) is 48.8 Å². The number of sulfonamides is 1. The van der Waals surface area contributed by atoms with Crippen LogP contribution in [0.25, 0.3) is 0 Å². The van der Waals surface area contributed by atoms with Gasteiger partial charge < -0.3 is 16.8 Å². The van der Waals surface area contributed by atoms with E-state index in [9.17, 15) is 18.0 Å². The third-order valence-electron chi connectivity index (χ3n) is 5.84. The number of halogens is 1. The molecule has 6 N–H and O–H groups in total. The maximum absolute atomic E-state index is 13.3. The molecule has 2 amide bonds. The van der Waals surface area contributed by atoms with Gasteiger partial charge >= 0.3 is 0 Å². The van der Waals surface area contributed by atoms with E-state index < -0.39 is 27.4 Å². The highest BCUT2D eigenvalue weighted by molar-refractivity contribution is 8.18. The summed E-state index contributed by atoms with van der Waals surface area (Å²) in [6.07, 6.45) is 10.5. The van der Waals surface area contributed by atoms with E-state index in [1.54, 1.807) is 42.5 Å². The third kappa shape index (κ3) is 6.37. The molecule has 36 heavy (non-hydrogen) atoms. The second-order valence-electron chi connectivity index (χ2n) is 8.35. The largest absolute Gasteiger partial charge is 0.368 e. The van der Waals surface area contributed by atoms with Crippen LogP contribution in [0.1, 0.15) is 35.2 Å². The van der Waals surface area contributed by atoms with Crippen molar-refractivity contribution >= 4 is 45.2 Å². The number of amides is 2. The molecule has 1 aliphatic heterocycles. The zero-order chi connectivity index (χ0) is 26.5. The molecule has 0 radical (unpaired) electrons. The molecule has 0 bridgehead atoms. The van der Waals surface area contributed by atoms with E-state index in [-0.39, 0.29) is 21.8 Å². The van der Waals surface area contributed by atoms with E-state index >= 15 is 0 Å². The van der Waals surface area contributed by atoms with Gasteiger partial charge in [0.1, 0.15) is 9.78 Å². The second-order valence-corrected chi connectivity index (χ2v) is 11.9. The van der Waals surface area contributed by atoms with E-state index in [1.807, 2.05) is 19.1 Å². The quantitative estimate of drug-likeness (QED) is 0.313. The Hall–Kier alpha value is -2.63. The van der Waals surface area contributed by atoms with Crippen LogP contribution in [0.15, 0.2) is 82.1 Å². The van der Waals surface area contributed by atoms with E-state index in [2.05, 4.69) is 16.6 Å². The van der Waals surface area contributed by atoms with Crippen molar-refractivity contribution in [2.45, 2.75) is 30.1 Å². The highest BCUT2D eigenvalue weighted by Gasteiger charge is 2.62. The fraction of sp³-hybridized carbons (Fsp3) is 0.280. The minimum Gasteiger partial charge on any atom is -0.368 e. The first kappa shape index (κ1) is 27.9. The first-order valence-corrected chi connectivity index (χ1v) is 13.9. The Morgan fingerprint density at radius 1 is 1.33 bits per heavy atom. The summed E-state index contributed by atoms with van der Waals surface area (Å²) in [4.78, 5) is 24.8. The summed E-state index contributed by atoms with van der Waals surface area (Å²) in [6, 6.07) is 6.70. The van der Waals surface area contributed by atoms with Crippen LogP contribution < -0.4 is 21.5 Å². The summed E-state index contributed by atoms with van der Waals surface area (Å²) in [5, 5.41) is 2.77. The first-order chi connectivity index (χ1) is 17.0. The zero-order valence-electron chi connectivity index (χ0n) is 19.7. The Kier molecular flexibility index (Phi) is 9.02. The number of rotatable bonds is 11. The van der Waals surface area contributed by atoms with Crippen molar-refractivity contribution in [2.24, 2.45) is 11.5 Å². The fourth-order valence-electron chi connectivity index (χ4n) is 3.89. The molecule has 0 aromatic heterocycles. The number of nitrogens with one attached hydrogen (secondary N) is 2. The molecule has 1 saturated carbocycles. The molecule has 2 aliphatic rings. The van der Waals surface area contributed by atoms with Crippen molar-refractivity contribution in [1.29, 1.82) is 0 Å². The Bertz CT molecular complexity index is 1290. The van der Waals surface area contributed by atoms with Gasteiger partial charge in [-0.1, -0.05) is 54.6 Å². The predicted molar refractivity (Wildman–Crippen MR) is 146 cm³/mol. The molecule has 192 valence electrons. The summed E-state index contributed by atoms with van der Waals surface area (Å²) >= 11 is 6.95. The summed E-state index contributed by atoms with van der Waals surface area (Å²) in [5.41, 5.74) is 11.5. The van der Waals surface area contributed by atoms with Gasteiger partial charge in [-0.2, -0.15) is 4.72 Å². The summed E-state index contributed by atoms with van der Waals surface area (Å²) < 4.78 is 29.3. The third-order valence-corrected chi connectivity index (χ3v) is 9.27. The lowest BCUT2D eigenvalue weighted by Gasteiger charge is -2.22. The maximum Gasteiger partial charge on any atom is 0.251 e. The van der Waals surface area contributed by atoms with Gasteiger partial charge in [0.15, 0.2) is 0 Å². The Morgan fingerprint density at radius 2 is 2.08 bits per heavy atom. The molecule has 1 heterocycles. The Balaban J connectivity index is 1.80. The van der Waals surface area contributed by atoms with Crippen molar-refractivity contribution in [3.05, 3.63) is 93.3 Å². The zero-order valence-corrected chi connectivity index (χ0v) is 22.1. The van der Waals surface area contributed by atoms with Crippen LogP contribution in [0.2, 0.25) is 0 Å². The Labute approximate surface area is 220 Å². The van der Waals surface area contributed by atoms with Crippen LogP contribution in [-0.4, -0.2) is 44.1 Å². The molecule has 11 heteroatoms. The van der Waals surface area contributed by atoms with Gasteiger partial charge in [-0.15, -0.1) is 11.8 Å². The molecule has 3 rings (SSSR count). The minimum absolute atomic E-state index is 0.0636. The monoisotopic (exact) mass is 548 g/mol. The van der Waals surface area contributed by atoms with E-state index in [4.69, 9.17) is 23.1 Å². The lowest BCUT2D eigenvalue weighted by Crippen LogP contribution is -2.48. The number of hydrogen-bond acceptors (Lipinski definition) is 6. The number of allylic oxidation sites excluding steroid dienone is 6. The number of carbonyl (C=O) groups is 2. The highest BCUT2D eigenvalue weighted by atomic mass is 35.5. The normalized spacial score (nSPS) is 23.9. The predicted octanol–water partition coefficient (Wildman–Crippen LogP) is 2.77. The number of thioether (sulfide) groups is 1. The lowest BCUT2D eigenvalue weighted by molar-refractivity contribution is -0.120. The molecule has 3 atom stereocenters. The molecule has 0 saturated heterocycles. The number of hydrogen-bond donors (Lipinski definition) is 4. The van der Waals surface area contributed by atoms with E-state index in [1.165, 1.54) is 6.08 Å². The lowest BCUT2D eigenvalue weighted by atomic mass is 10.0.